The Morgan fingerprint density at radius 3 is 2.35 bits per heavy atom. The van der Waals surface area contributed by atoms with Gasteiger partial charge in [-0.15, -0.1) is 0 Å². The molecule has 2 aromatic carbocycles. The van der Waals surface area contributed by atoms with E-state index in [1.54, 1.807) is 0 Å². The SMILES string of the molecule is Clc1ccc(OCCOc2ccc(Br)cc2)c(CBr)c1. The summed E-state index contributed by atoms with van der Waals surface area (Å²) in [6, 6.07) is 13.3. The molecule has 20 heavy (non-hydrogen) atoms. The summed E-state index contributed by atoms with van der Waals surface area (Å²) in [5.74, 6) is 1.65. The highest BCUT2D eigenvalue weighted by Crippen LogP contribution is 2.25. The summed E-state index contributed by atoms with van der Waals surface area (Å²) >= 11 is 12.7. The van der Waals surface area contributed by atoms with Gasteiger partial charge in [-0.3, -0.25) is 0 Å². The highest BCUT2D eigenvalue weighted by atomic mass is 79.9. The summed E-state index contributed by atoms with van der Waals surface area (Å²) in [5, 5.41) is 1.41. The van der Waals surface area contributed by atoms with Gasteiger partial charge in [-0.2, -0.15) is 0 Å². The van der Waals surface area contributed by atoms with Gasteiger partial charge in [0.1, 0.15) is 24.7 Å². The van der Waals surface area contributed by atoms with Gasteiger partial charge in [0, 0.05) is 20.4 Å². The summed E-state index contributed by atoms with van der Waals surface area (Å²) in [6.45, 7) is 0.976. The quantitative estimate of drug-likeness (QED) is 0.457. The maximum Gasteiger partial charge on any atom is 0.123 e. The first-order valence-electron chi connectivity index (χ1n) is 6.04. The van der Waals surface area contributed by atoms with Crippen molar-refractivity contribution < 1.29 is 9.47 Å². The lowest BCUT2D eigenvalue weighted by molar-refractivity contribution is 0.216. The number of hydrogen-bond acceptors (Lipinski definition) is 2. The Balaban J connectivity index is 1.82. The third kappa shape index (κ3) is 4.69. The molecule has 5 heteroatoms. The van der Waals surface area contributed by atoms with Crippen molar-refractivity contribution in [1.82, 2.24) is 0 Å². The normalized spacial score (nSPS) is 10.3. The van der Waals surface area contributed by atoms with Crippen LogP contribution in [0.1, 0.15) is 5.56 Å². The molecule has 0 unspecified atom stereocenters. The molecule has 0 heterocycles. The molecule has 0 saturated carbocycles. The fourth-order valence-electron chi connectivity index (χ4n) is 1.64. The zero-order valence-corrected chi connectivity index (χ0v) is 14.5. The maximum absolute atomic E-state index is 5.94. The zero-order chi connectivity index (χ0) is 14.4. The first kappa shape index (κ1) is 15.7. The average Bonchev–Trinajstić information content (AvgIpc) is 2.46. The Kier molecular flexibility index (Phi) is 6.20. The van der Waals surface area contributed by atoms with Crippen LogP contribution in [-0.4, -0.2) is 13.2 Å². The van der Waals surface area contributed by atoms with Crippen LogP contribution in [0.4, 0.5) is 0 Å². The Bertz CT molecular complexity index is 558. The standard InChI is InChI=1S/C15H13Br2ClO2/c16-10-11-9-13(18)3-6-15(11)20-8-7-19-14-4-1-12(17)2-5-14/h1-6,9H,7-8,10H2. The number of halogens is 3. The van der Waals surface area contributed by atoms with Crippen LogP contribution in [-0.2, 0) is 5.33 Å². The minimum Gasteiger partial charge on any atom is -0.490 e. The van der Waals surface area contributed by atoms with Crippen molar-refractivity contribution in [3.63, 3.8) is 0 Å². The topological polar surface area (TPSA) is 18.5 Å². The summed E-state index contributed by atoms with van der Waals surface area (Å²) in [6.07, 6.45) is 0. The smallest absolute Gasteiger partial charge is 0.123 e. The molecule has 0 aliphatic carbocycles. The largest absolute Gasteiger partial charge is 0.490 e. The number of rotatable bonds is 6. The minimum absolute atomic E-state index is 0.484. The number of ether oxygens (including phenoxy) is 2. The van der Waals surface area contributed by atoms with Crippen LogP contribution >= 0.6 is 43.5 Å². The molecule has 0 N–H and O–H groups in total. The molecule has 2 rings (SSSR count). The van der Waals surface area contributed by atoms with Crippen LogP contribution < -0.4 is 9.47 Å². The molecular formula is C15H13Br2ClO2. The van der Waals surface area contributed by atoms with E-state index in [-0.39, 0.29) is 0 Å². The van der Waals surface area contributed by atoms with E-state index in [1.807, 2.05) is 42.5 Å². The molecule has 2 nitrogen and oxygen atoms in total. The number of hydrogen-bond donors (Lipinski definition) is 0. The second kappa shape index (κ2) is 7.91. The van der Waals surface area contributed by atoms with Crippen molar-refractivity contribution in [3.8, 4) is 11.5 Å². The van der Waals surface area contributed by atoms with E-state index in [1.165, 1.54) is 0 Å². The summed E-state index contributed by atoms with van der Waals surface area (Å²) in [7, 11) is 0. The Labute approximate surface area is 140 Å². The predicted octanol–water partition coefficient (Wildman–Crippen LogP) is 5.46. The number of alkyl halides is 1. The van der Waals surface area contributed by atoms with Crippen molar-refractivity contribution in [2.45, 2.75) is 5.33 Å². The molecule has 0 atom stereocenters. The molecule has 0 spiro atoms. The van der Waals surface area contributed by atoms with Crippen molar-refractivity contribution in [2.24, 2.45) is 0 Å². The third-order valence-electron chi connectivity index (χ3n) is 2.59. The number of benzene rings is 2. The van der Waals surface area contributed by atoms with E-state index >= 15 is 0 Å². The van der Waals surface area contributed by atoms with Crippen LogP contribution in [0.2, 0.25) is 5.02 Å². The molecule has 2 aromatic rings. The van der Waals surface area contributed by atoms with Gasteiger partial charge < -0.3 is 9.47 Å². The average molecular weight is 421 g/mol. The Hall–Kier alpha value is -0.710. The summed E-state index contributed by atoms with van der Waals surface area (Å²) < 4.78 is 12.3. The fourth-order valence-corrected chi connectivity index (χ4v) is 2.53. The van der Waals surface area contributed by atoms with E-state index in [0.717, 1.165) is 21.5 Å². The first-order chi connectivity index (χ1) is 9.69. The van der Waals surface area contributed by atoms with Crippen molar-refractivity contribution >= 4 is 43.5 Å². The van der Waals surface area contributed by atoms with Gasteiger partial charge in [0.05, 0.1) is 0 Å². The van der Waals surface area contributed by atoms with Gasteiger partial charge in [-0.1, -0.05) is 43.5 Å². The van der Waals surface area contributed by atoms with E-state index in [4.69, 9.17) is 21.1 Å². The van der Waals surface area contributed by atoms with Crippen molar-refractivity contribution in [3.05, 3.63) is 57.5 Å². The van der Waals surface area contributed by atoms with E-state index < -0.39 is 0 Å². The van der Waals surface area contributed by atoms with Crippen LogP contribution in [0.3, 0.4) is 0 Å². The molecular weight excluding hydrogens is 407 g/mol. The molecule has 0 saturated heterocycles. The maximum atomic E-state index is 5.94. The molecule has 0 bridgehead atoms. The summed E-state index contributed by atoms with van der Waals surface area (Å²) in [4.78, 5) is 0. The molecule has 0 fully saturated rings. The van der Waals surface area contributed by atoms with Gasteiger partial charge in [0.2, 0.25) is 0 Å². The highest BCUT2D eigenvalue weighted by Gasteiger charge is 2.03. The van der Waals surface area contributed by atoms with Crippen LogP contribution in [0.5, 0.6) is 11.5 Å². The second-order valence-electron chi connectivity index (χ2n) is 4.04. The third-order valence-corrected chi connectivity index (χ3v) is 3.96. The van der Waals surface area contributed by atoms with E-state index in [2.05, 4.69) is 31.9 Å². The van der Waals surface area contributed by atoms with Gasteiger partial charge >= 0.3 is 0 Å². The molecule has 106 valence electrons. The lowest BCUT2D eigenvalue weighted by Gasteiger charge is -2.11. The van der Waals surface area contributed by atoms with E-state index in [0.29, 0.717) is 23.6 Å². The van der Waals surface area contributed by atoms with E-state index in [9.17, 15) is 0 Å². The molecule has 0 aliphatic rings. The predicted molar refractivity (Wildman–Crippen MR) is 89.2 cm³/mol. The second-order valence-corrected chi connectivity index (χ2v) is 5.95. The van der Waals surface area contributed by atoms with Gasteiger partial charge in [-0.25, -0.2) is 0 Å². The minimum atomic E-state index is 0.484. The monoisotopic (exact) mass is 418 g/mol. The molecule has 0 radical (unpaired) electrons. The lowest BCUT2D eigenvalue weighted by Crippen LogP contribution is -2.09. The van der Waals surface area contributed by atoms with Crippen LogP contribution in [0.15, 0.2) is 46.9 Å². The Morgan fingerprint density at radius 1 is 0.950 bits per heavy atom. The highest BCUT2D eigenvalue weighted by molar-refractivity contribution is 9.10. The van der Waals surface area contributed by atoms with Crippen LogP contribution in [0, 0.1) is 0 Å². The van der Waals surface area contributed by atoms with Gasteiger partial charge in [0.15, 0.2) is 0 Å². The fraction of sp³-hybridized carbons (Fsp3) is 0.200. The Morgan fingerprint density at radius 2 is 1.65 bits per heavy atom. The van der Waals surface area contributed by atoms with Gasteiger partial charge in [-0.05, 0) is 42.5 Å². The van der Waals surface area contributed by atoms with Crippen LogP contribution in [0.25, 0.3) is 0 Å². The van der Waals surface area contributed by atoms with Gasteiger partial charge in [0.25, 0.3) is 0 Å². The lowest BCUT2D eigenvalue weighted by atomic mass is 10.2. The van der Waals surface area contributed by atoms with Crippen molar-refractivity contribution in [1.29, 1.82) is 0 Å². The molecule has 0 aliphatic heterocycles. The first-order valence-corrected chi connectivity index (χ1v) is 8.34. The molecule has 0 amide bonds. The zero-order valence-electron chi connectivity index (χ0n) is 10.6. The summed E-state index contributed by atoms with van der Waals surface area (Å²) in [5.41, 5.74) is 1.03. The molecule has 0 aromatic heterocycles. The van der Waals surface area contributed by atoms with Crippen molar-refractivity contribution in [2.75, 3.05) is 13.2 Å².